The largest absolute Gasteiger partial charge is 0.465 e. The van der Waals surface area contributed by atoms with Crippen LogP contribution in [0.4, 0.5) is 5.82 Å². The Morgan fingerprint density at radius 2 is 2.67 bits per heavy atom. The fourth-order valence-corrected chi connectivity index (χ4v) is 1.32. The van der Waals surface area contributed by atoms with Crippen LogP contribution in [0.1, 0.15) is 9.67 Å². The lowest BCUT2D eigenvalue weighted by Gasteiger charge is -1.92. The van der Waals surface area contributed by atoms with Crippen LogP contribution in [0.25, 0.3) is 0 Å². The van der Waals surface area contributed by atoms with Crippen LogP contribution in [0, 0.1) is 0 Å². The van der Waals surface area contributed by atoms with Gasteiger partial charge in [-0.3, -0.25) is 0 Å². The zero-order valence-corrected chi connectivity index (χ0v) is 7.74. The highest BCUT2D eigenvalue weighted by Gasteiger charge is 2.13. The maximum Gasteiger partial charge on any atom is 0.352 e. The topological polar surface area (TPSA) is 51.5 Å². The molecule has 0 amide bonds. The van der Waals surface area contributed by atoms with Crippen LogP contribution in [0.2, 0.25) is 0 Å². The van der Waals surface area contributed by atoms with Gasteiger partial charge in [-0.25, -0.2) is 9.78 Å². The van der Waals surface area contributed by atoms with Crippen molar-refractivity contribution >= 4 is 40.5 Å². The molecular formula is C6H4N2O2S2. The number of rotatable bonds is 2. The monoisotopic (exact) mass is 200 g/mol. The van der Waals surface area contributed by atoms with Gasteiger partial charge in [-0.05, 0) is 12.2 Å². The molecule has 0 aromatic carbocycles. The van der Waals surface area contributed by atoms with Gasteiger partial charge in [0.15, 0.2) is 10.7 Å². The van der Waals surface area contributed by atoms with E-state index < -0.39 is 5.97 Å². The summed E-state index contributed by atoms with van der Waals surface area (Å²) in [5, 5.41) is 2.13. The van der Waals surface area contributed by atoms with Gasteiger partial charge in [-0.15, -0.1) is 11.3 Å². The molecule has 0 N–H and O–H groups in total. The number of carbonyl (C=O) groups is 1. The SMILES string of the molecule is COC(=O)c1scnc1N=C=S. The van der Waals surface area contributed by atoms with Gasteiger partial charge < -0.3 is 4.74 Å². The highest BCUT2D eigenvalue weighted by Crippen LogP contribution is 2.21. The second-order valence-electron chi connectivity index (χ2n) is 1.70. The van der Waals surface area contributed by atoms with Crippen molar-refractivity contribution in [3.63, 3.8) is 0 Å². The molecule has 4 nitrogen and oxygen atoms in total. The number of nitrogens with zero attached hydrogens (tertiary/aromatic N) is 2. The van der Waals surface area contributed by atoms with E-state index in [1.54, 1.807) is 0 Å². The average Bonchev–Trinajstić information content (AvgIpc) is 2.52. The Kier molecular flexibility index (Phi) is 3.04. The summed E-state index contributed by atoms with van der Waals surface area (Å²) < 4.78 is 4.49. The summed E-state index contributed by atoms with van der Waals surface area (Å²) >= 11 is 5.53. The van der Waals surface area contributed by atoms with Gasteiger partial charge in [0.25, 0.3) is 0 Å². The van der Waals surface area contributed by atoms with Crippen LogP contribution in [-0.2, 0) is 4.74 Å². The van der Waals surface area contributed by atoms with E-state index in [0.717, 1.165) is 11.3 Å². The summed E-state index contributed by atoms with van der Waals surface area (Å²) in [5.41, 5.74) is 1.50. The molecule has 1 aromatic rings. The van der Waals surface area contributed by atoms with E-state index in [-0.39, 0.29) is 5.82 Å². The van der Waals surface area contributed by atoms with E-state index in [2.05, 4.69) is 32.1 Å². The van der Waals surface area contributed by atoms with Crippen molar-refractivity contribution in [2.75, 3.05) is 7.11 Å². The van der Waals surface area contributed by atoms with E-state index in [1.165, 1.54) is 12.6 Å². The quantitative estimate of drug-likeness (QED) is 0.414. The average molecular weight is 200 g/mol. The zero-order valence-electron chi connectivity index (χ0n) is 6.10. The summed E-state index contributed by atoms with van der Waals surface area (Å²) in [6.45, 7) is 0. The Hall–Kier alpha value is -1.10. The fourth-order valence-electron chi connectivity index (χ4n) is 0.595. The van der Waals surface area contributed by atoms with Gasteiger partial charge in [0.1, 0.15) is 0 Å². The molecule has 12 heavy (non-hydrogen) atoms. The number of hydrogen-bond acceptors (Lipinski definition) is 6. The first-order valence-corrected chi connectivity index (χ1v) is 4.18. The predicted octanol–water partition coefficient (Wildman–Crippen LogP) is 1.66. The summed E-state index contributed by atoms with van der Waals surface area (Å²) in [5.74, 6) is -0.191. The molecule has 0 atom stereocenters. The third-order valence-corrected chi connectivity index (χ3v) is 1.96. The Balaban J connectivity index is 3.06. The molecule has 1 aromatic heterocycles. The first-order chi connectivity index (χ1) is 5.79. The van der Waals surface area contributed by atoms with E-state index in [4.69, 9.17) is 0 Å². The normalized spacial score (nSPS) is 8.75. The van der Waals surface area contributed by atoms with Gasteiger partial charge in [0, 0.05) is 0 Å². The van der Waals surface area contributed by atoms with Crippen LogP contribution >= 0.6 is 23.6 Å². The second kappa shape index (κ2) is 4.06. The molecule has 1 rings (SSSR count). The summed E-state index contributed by atoms with van der Waals surface area (Å²) in [7, 11) is 1.30. The Morgan fingerprint density at radius 3 is 3.25 bits per heavy atom. The summed E-state index contributed by atoms with van der Waals surface area (Å²) in [6, 6.07) is 0. The first-order valence-electron chi connectivity index (χ1n) is 2.89. The van der Waals surface area contributed by atoms with Crippen molar-refractivity contribution in [1.82, 2.24) is 4.98 Å². The van der Waals surface area contributed by atoms with Gasteiger partial charge in [0.05, 0.1) is 17.8 Å². The molecule has 0 spiro atoms. The van der Waals surface area contributed by atoms with Crippen molar-refractivity contribution in [3.05, 3.63) is 10.4 Å². The van der Waals surface area contributed by atoms with Crippen LogP contribution < -0.4 is 0 Å². The number of thiazole rings is 1. The number of aliphatic imine (C=N–C) groups is 1. The molecule has 0 saturated carbocycles. The standard InChI is InChI=1S/C6H4N2O2S2/c1-10-6(9)4-5(7-2-11)8-3-12-4/h3H,1H3. The minimum atomic E-state index is -0.457. The van der Waals surface area contributed by atoms with Gasteiger partial charge >= 0.3 is 5.97 Å². The molecule has 0 saturated heterocycles. The summed E-state index contributed by atoms with van der Waals surface area (Å²) in [6.07, 6.45) is 0. The molecule has 0 fully saturated rings. The first kappa shape index (κ1) is 8.99. The third-order valence-electron chi connectivity index (χ3n) is 1.07. The van der Waals surface area contributed by atoms with E-state index in [0.29, 0.717) is 4.88 Å². The third kappa shape index (κ3) is 1.73. The number of thiocarbonyl (C=S) groups is 1. The number of aromatic nitrogens is 1. The van der Waals surface area contributed by atoms with E-state index in [1.807, 2.05) is 0 Å². The highest BCUT2D eigenvalue weighted by molar-refractivity contribution is 7.78. The number of methoxy groups -OCH3 is 1. The molecule has 62 valence electrons. The summed E-state index contributed by atoms with van der Waals surface area (Å²) in [4.78, 5) is 18.7. The van der Waals surface area contributed by atoms with Crippen LogP contribution in [-0.4, -0.2) is 23.2 Å². The number of esters is 1. The van der Waals surface area contributed by atoms with E-state index in [9.17, 15) is 4.79 Å². The Morgan fingerprint density at radius 1 is 1.92 bits per heavy atom. The molecule has 6 heteroatoms. The predicted molar refractivity (Wildman–Crippen MR) is 48.1 cm³/mol. The van der Waals surface area contributed by atoms with E-state index >= 15 is 0 Å². The van der Waals surface area contributed by atoms with Crippen molar-refractivity contribution < 1.29 is 9.53 Å². The highest BCUT2D eigenvalue weighted by atomic mass is 32.1. The lowest BCUT2D eigenvalue weighted by atomic mass is 10.5. The lowest BCUT2D eigenvalue weighted by molar-refractivity contribution is 0.0607. The van der Waals surface area contributed by atoms with Crippen LogP contribution in [0.15, 0.2) is 10.5 Å². The van der Waals surface area contributed by atoms with Gasteiger partial charge in [-0.2, -0.15) is 4.99 Å². The van der Waals surface area contributed by atoms with Crippen molar-refractivity contribution in [2.24, 2.45) is 4.99 Å². The molecule has 0 aliphatic heterocycles. The minimum absolute atomic E-state index is 0.266. The lowest BCUT2D eigenvalue weighted by Crippen LogP contribution is -1.97. The van der Waals surface area contributed by atoms with Crippen molar-refractivity contribution in [3.8, 4) is 0 Å². The molecule has 0 aliphatic rings. The maximum absolute atomic E-state index is 11.0. The van der Waals surface area contributed by atoms with Crippen LogP contribution in [0.5, 0.6) is 0 Å². The Bertz CT molecular complexity index is 341. The maximum atomic E-state index is 11.0. The van der Waals surface area contributed by atoms with Gasteiger partial charge in [0.2, 0.25) is 0 Å². The second-order valence-corrected chi connectivity index (χ2v) is 2.74. The molecular weight excluding hydrogens is 196 g/mol. The van der Waals surface area contributed by atoms with Gasteiger partial charge in [-0.1, -0.05) is 0 Å². The molecule has 0 aliphatic carbocycles. The fraction of sp³-hybridized carbons (Fsp3) is 0.167. The number of ether oxygens (including phenoxy) is 1. The molecule has 0 radical (unpaired) electrons. The number of isothiocyanates is 1. The zero-order chi connectivity index (χ0) is 8.97. The number of carbonyl (C=O) groups excluding carboxylic acids is 1. The molecule has 1 heterocycles. The minimum Gasteiger partial charge on any atom is -0.465 e. The van der Waals surface area contributed by atoms with Crippen LogP contribution in [0.3, 0.4) is 0 Å². The molecule has 0 bridgehead atoms. The smallest absolute Gasteiger partial charge is 0.352 e. The number of hydrogen-bond donors (Lipinski definition) is 0. The van der Waals surface area contributed by atoms with Crippen molar-refractivity contribution in [2.45, 2.75) is 0 Å². The molecule has 0 unspecified atom stereocenters. The van der Waals surface area contributed by atoms with Crippen molar-refractivity contribution in [1.29, 1.82) is 0 Å². The Labute approximate surface area is 77.9 Å².